The summed E-state index contributed by atoms with van der Waals surface area (Å²) in [5.74, 6) is -0.577. The number of carbonyl (C=O) groups excluding carboxylic acids is 1. The van der Waals surface area contributed by atoms with Crippen LogP contribution in [0.5, 0.6) is 5.75 Å². The number of ketones is 1. The number of halogens is 1. The van der Waals surface area contributed by atoms with Crippen molar-refractivity contribution in [2.45, 2.75) is 18.2 Å². The maximum absolute atomic E-state index is 11.8. The lowest BCUT2D eigenvalue weighted by Crippen LogP contribution is -2.16. The van der Waals surface area contributed by atoms with Gasteiger partial charge in [-0.1, -0.05) is 0 Å². The van der Waals surface area contributed by atoms with E-state index in [1.165, 1.54) is 7.11 Å². The molecule has 0 aliphatic carbocycles. The second-order valence-corrected chi connectivity index (χ2v) is 4.02. The van der Waals surface area contributed by atoms with Crippen LogP contribution in [0.1, 0.15) is 23.2 Å². The average molecular weight is 257 g/mol. The first-order valence-corrected chi connectivity index (χ1v) is 5.52. The van der Waals surface area contributed by atoms with Crippen molar-refractivity contribution in [2.75, 3.05) is 7.11 Å². The van der Waals surface area contributed by atoms with Gasteiger partial charge in [-0.05, 0) is 30.7 Å². The van der Waals surface area contributed by atoms with Gasteiger partial charge in [-0.25, -0.2) is 0 Å². The third-order valence-corrected chi connectivity index (χ3v) is 2.69. The van der Waals surface area contributed by atoms with Gasteiger partial charge < -0.3 is 9.84 Å². The van der Waals surface area contributed by atoms with Crippen molar-refractivity contribution < 1.29 is 19.4 Å². The zero-order chi connectivity index (χ0) is 12.8. The molecule has 92 valence electrons. The van der Waals surface area contributed by atoms with Gasteiger partial charge in [0.2, 0.25) is 0 Å². The Labute approximate surface area is 104 Å². The Bertz CT molecular complexity index is 399. The molecule has 1 aromatic carbocycles. The number of alkyl halides is 1. The van der Waals surface area contributed by atoms with E-state index in [1.807, 2.05) is 0 Å². The largest absolute Gasteiger partial charge is 0.497 e. The third-order valence-electron chi connectivity index (χ3n) is 2.27. The molecular formula is C12H13ClO4. The molecule has 0 aliphatic heterocycles. The number of benzene rings is 1. The topological polar surface area (TPSA) is 63.6 Å². The number of rotatable bonds is 6. The molecule has 0 bridgehead atoms. The van der Waals surface area contributed by atoms with Crippen LogP contribution in [0.3, 0.4) is 0 Å². The van der Waals surface area contributed by atoms with Crippen LogP contribution in [0.4, 0.5) is 0 Å². The summed E-state index contributed by atoms with van der Waals surface area (Å²) in [4.78, 5) is 22.2. The molecule has 1 atom stereocenters. The summed E-state index contributed by atoms with van der Waals surface area (Å²) >= 11 is 5.84. The Hall–Kier alpha value is -1.55. The highest BCUT2D eigenvalue weighted by Gasteiger charge is 2.18. The van der Waals surface area contributed by atoms with E-state index in [9.17, 15) is 9.59 Å². The normalized spacial score (nSPS) is 11.9. The van der Waals surface area contributed by atoms with Gasteiger partial charge in [0.1, 0.15) is 5.75 Å². The number of hydrogen-bond acceptors (Lipinski definition) is 3. The van der Waals surface area contributed by atoms with Crippen LogP contribution in [-0.4, -0.2) is 29.3 Å². The van der Waals surface area contributed by atoms with Gasteiger partial charge in [0.25, 0.3) is 0 Å². The van der Waals surface area contributed by atoms with Crippen LogP contribution in [-0.2, 0) is 4.79 Å². The number of ether oxygens (including phenoxy) is 1. The summed E-state index contributed by atoms with van der Waals surface area (Å²) in [6, 6.07) is 6.54. The summed E-state index contributed by atoms with van der Waals surface area (Å²) in [5, 5.41) is 7.69. The third kappa shape index (κ3) is 4.07. The van der Waals surface area contributed by atoms with Crippen molar-refractivity contribution in [1.29, 1.82) is 0 Å². The number of carboxylic acids is 1. The lowest BCUT2D eigenvalue weighted by Gasteiger charge is -2.07. The van der Waals surface area contributed by atoms with Gasteiger partial charge in [0.15, 0.2) is 5.78 Å². The van der Waals surface area contributed by atoms with Crippen molar-refractivity contribution in [2.24, 2.45) is 0 Å². The van der Waals surface area contributed by atoms with Crippen molar-refractivity contribution >= 4 is 23.4 Å². The fraction of sp³-hybridized carbons (Fsp3) is 0.333. The predicted molar refractivity (Wildman–Crippen MR) is 63.8 cm³/mol. The van der Waals surface area contributed by atoms with Gasteiger partial charge in [0, 0.05) is 12.0 Å². The maximum Gasteiger partial charge on any atom is 0.303 e. The lowest BCUT2D eigenvalue weighted by molar-refractivity contribution is -0.137. The average Bonchev–Trinajstić information content (AvgIpc) is 2.35. The molecule has 0 saturated heterocycles. The minimum Gasteiger partial charge on any atom is -0.497 e. The Morgan fingerprint density at radius 3 is 2.41 bits per heavy atom. The summed E-state index contributed by atoms with van der Waals surface area (Å²) in [5.41, 5.74) is 0.455. The number of hydrogen-bond donors (Lipinski definition) is 1. The monoisotopic (exact) mass is 256 g/mol. The molecular weight excluding hydrogens is 244 g/mol. The van der Waals surface area contributed by atoms with E-state index in [0.29, 0.717) is 11.3 Å². The van der Waals surface area contributed by atoms with E-state index in [1.54, 1.807) is 24.3 Å². The molecule has 5 heteroatoms. The molecule has 1 aromatic rings. The van der Waals surface area contributed by atoms with Gasteiger partial charge >= 0.3 is 5.97 Å². The number of carbonyl (C=O) groups is 2. The summed E-state index contributed by atoms with van der Waals surface area (Å²) in [6.45, 7) is 0. The lowest BCUT2D eigenvalue weighted by atomic mass is 10.0. The molecule has 0 heterocycles. The number of carboxylic acid groups (broad SMARTS) is 1. The predicted octanol–water partition coefficient (Wildman–Crippen LogP) is 2.35. The van der Waals surface area contributed by atoms with E-state index in [-0.39, 0.29) is 18.6 Å². The minimum atomic E-state index is -0.960. The zero-order valence-corrected chi connectivity index (χ0v) is 10.1. The first kappa shape index (κ1) is 13.5. The standard InChI is InChI=1S/C12H13ClO4/c1-17-9-4-2-8(3-5-9)12(16)10(13)6-7-11(14)15/h2-5,10H,6-7H2,1H3,(H,14,15). The smallest absolute Gasteiger partial charge is 0.303 e. The van der Waals surface area contributed by atoms with E-state index < -0.39 is 11.3 Å². The van der Waals surface area contributed by atoms with Gasteiger partial charge in [-0.2, -0.15) is 0 Å². The van der Waals surface area contributed by atoms with E-state index in [0.717, 1.165) is 0 Å². The number of aliphatic carboxylic acids is 1. The quantitative estimate of drug-likeness (QED) is 0.627. The van der Waals surface area contributed by atoms with Crippen LogP contribution in [0.25, 0.3) is 0 Å². The van der Waals surface area contributed by atoms with Gasteiger partial charge in [-0.3, -0.25) is 9.59 Å². The highest BCUT2D eigenvalue weighted by atomic mass is 35.5. The zero-order valence-electron chi connectivity index (χ0n) is 9.35. The molecule has 1 N–H and O–H groups in total. The minimum absolute atomic E-state index is 0.115. The molecule has 0 radical (unpaired) electrons. The Morgan fingerprint density at radius 2 is 1.94 bits per heavy atom. The second kappa shape index (κ2) is 6.25. The molecule has 1 rings (SSSR count). The van der Waals surface area contributed by atoms with Crippen LogP contribution >= 0.6 is 11.6 Å². The molecule has 0 amide bonds. The Kier molecular flexibility index (Phi) is 4.97. The number of Topliss-reactive ketones (excluding diaryl/α,β-unsaturated/α-hetero) is 1. The highest BCUT2D eigenvalue weighted by Crippen LogP contribution is 2.17. The van der Waals surface area contributed by atoms with Crippen LogP contribution in [0.2, 0.25) is 0 Å². The summed E-state index contributed by atoms with van der Waals surface area (Å²) in [7, 11) is 1.54. The van der Waals surface area contributed by atoms with E-state index in [4.69, 9.17) is 21.4 Å². The van der Waals surface area contributed by atoms with Crippen molar-refractivity contribution in [1.82, 2.24) is 0 Å². The molecule has 0 spiro atoms. The van der Waals surface area contributed by atoms with Crippen molar-refractivity contribution in [3.8, 4) is 5.75 Å². The molecule has 0 aromatic heterocycles. The number of methoxy groups -OCH3 is 1. The molecule has 17 heavy (non-hydrogen) atoms. The fourth-order valence-corrected chi connectivity index (χ4v) is 1.55. The second-order valence-electron chi connectivity index (χ2n) is 3.49. The fourth-order valence-electron chi connectivity index (χ4n) is 1.32. The SMILES string of the molecule is COc1ccc(C(=O)C(Cl)CCC(=O)O)cc1. The molecule has 0 aliphatic rings. The highest BCUT2D eigenvalue weighted by molar-refractivity contribution is 6.33. The van der Waals surface area contributed by atoms with Crippen molar-refractivity contribution in [3.63, 3.8) is 0 Å². The summed E-state index contributed by atoms with van der Waals surface area (Å²) < 4.78 is 4.97. The van der Waals surface area contributed by atoms with Crippen LogP contribution in [0.15, 0.2) is 24.3 Å². The van der Waals surface area contributed by atoms with E-state index >= 15 is 0 Å². The summed E-state index contributed by atoms with van der Waals surface area (Å²) in [6.07, 6.45) is 0.0117. The van der Waals surface area contributed by atoms with Crippen molar-refractivity contribution in [3.05, 3.63) is 29.8 Å². The van der Waals surface area contributed by atoms with Crippen LogP contribution < -0.4 is 4.74 Å². The molecule has 0 fully saturated rings. The molecule has 4 nitrogen and oxygen atoms in total. The first-order valence-electron chi connectivity index (χ1n) is 5.08. The molecule has 1 unspecified atom stereocenters. The van der Waals surface area contributed by atoms with Gasteiger partial charge in [-0.15, -0.1) is 11.6 Å². The maximum atomic E-state index is 11.8. The first-order chi connectivity index (χ1) is 8.04. The molecule has 0 saturated carbocycles. The van der Waals surface area contributed by atoms with E-state index in [2.05, 4.69) is 0 Å². The van der Waals surface area contributed by atoms with Crippen LogP contribution in [0, 0.1) is 0 Å². The Morgan fingerprint density at radius 1 is 1.35 bits per heavy atom. The van der Waals surface area contributed by atoms with Gasteiger partial charge in [0.05, 0.1) is 12.5 Å². The Balaban J connectivity index is 2.64.